The first-order valence-corrected chi connectivity index (χ1v) is 5.60. The van der Waals surface area contributed by atoms with Gasteiger partial charge in [-0.1, -0.05) is 42.5 Å². The van der Waals surface area contributed by atoms with E-state index in [9.17, 15) is 0 Å². The molecule has 0 spiro atoms. The van der Waals surface area contributed by atoms with Crippen molar-refractivity contribution in [3.63, 3.8) is 0 Å². The van der Waals surface area contributed by atoms with Crippen LogP contribution in [-0.2, 0) is 0 Å². The van der Waals surface area contributed by atoms with E-state index >= 15 is 0 Å². The number of hydrogen-bond acceptors (Lipinski definition) is 2. The van der Waals surface area contributed by atoms with E-state index in [0.29, 0.717) is 0 Å². The quantitative estimate of drug-likeness (QED) is 0.761. The molecule has 3 rings (SSSR count). The van der Waals surface area contributed by atoms with Gasteiger partial charge in [-0.2, -0.15) is 0 Å². The van der Waals surface area contributed by atoms with Crippen molar-refractivity contribution in [2.45, 2.75) is 6.04 Å². The molecule has 3 nitrogen and oxygen atoms in total. The van der Waals surface area contributed by atoms with Crippen LogP contribution >= 0.6 is 24.8 Å². The van der Waals surface area contributed by atoms with Crippen LogP contribution < -0.4 is 5.73 Å². The van der Waals surface area contributed by atoms with E-state index in [1.54, 1.807) is 0 Å². The molecule has 0 radical (unpaired) electrons. The first-order valence-electron chi connectivity index (χ1n) is 5.60. The number of imidazole rings is 1. The van der Waals surface area contributed by atoms with Crippen LogP contribution in [0.25, 0.3) is 11.0 Å². The molecule has 2 aromatic carbocycles. The number of nitrogens with zero attached hydrogens (tertiary/aromatic N) is 1. The van der Waals surface area contributed by atoms with Crippen molar-refractivity contribution in [2.24, 2.45) is 5.73 Å². The average molecular weight is 296 g/mol. The van der Waals surface area contributed by atoms with Crippen LogP contribution in [0.5, 0.6) is 0 Å². The van der Waals surface area contributed by atoms with E-state index in [1.165, 1.54) is 0 Å². The second kappa shape index (κ2) is 6.57. The Balaban J connectivity index is 0.000000902. The molecule has 0 amide bonds. The average Bonchev–Trinajstić information content (AvgIpc) is 2.82. The summed E-state index contributed by atoms with van der Waals surface area (Å²) in [6.45, 7) is 0. The zero-order valence-electron chi connectivity index (χ0n) is 10.1. The Hall–Kier alpha value is -1.55. The normalized spacial score (nSPS) is 11.4. The molecular weight excluding hydrogens is 281 g/mol. The summed E-state index contributed by atoms with van der Waals surface area (Å²) < 4.78 is 0. The first-order chi connectivity index (χ1) is 8.34. The Morgan fingerprint density at radius 3 is 2.21 bits per heavy atom. The minimum absolute atomic E-state index is 0. The van der Waals surface area contributed by atoms with Crippen molar-refractivity contribution >= 4 is 35.8 Å². The largest absolute Gasteiger partial charge is 0.340 e. The van der Waals surface area contributed by atoms with Crippen molar-refractivity contribution in [3.05, 3.63) is 66.0 Å². The van der Waals surface area contributed by atoms with Crippen LogP contribution in [0.3, 0.4) is 0 Å². The van der Waals surface area contributed by atoms with Crippen molar-refractivity contribution in [1.29, 1.82) is 0 Å². The zero-order valence-corrected chi connectivity index (χ0v) is 11.7. The Bertz CT molecular complexity index is 604. The van der Waals surface area contributed by atoms with E-state index in [0.717, 1.165) is 22.4 Å². The van der Waals surface area contributed by atoms with E-state index in [1.807, 2.05) is 54.6 Å². The second-order valence-corrected chi connectivity index (χ2v) is 4.03. The number of benzene rings is 2. The lowest BCUT2D eigenvalue weighted by Gasteiger charge is -2.08. The van der Waals surface area contributed by atoms with Crippen molar-refractivity contribution in [1.82, 2.24) is 9.97 Å². The van der Waals surface area contributed by atoms with Crippen molar-refractivity contribution < 1.29 is 0 Å². The predicted octanol–water partition coefficient (Wildman–Crippen LogP) is 3.45. The fraction of sp³-hybridized carbons (Fsp3) is 0.0714. The monoisotopic (exact) mass is 295 g/mol. The molecular formula is C14H15Cl2N3. The highest BCUT2D eigenvalue weighted by molar-refractivity contribution is 5.85. The minimum atomic E-state index is -0.205. The molecule has 1 atom stereocenters. The Morgan fingerprint density at radius 2 is 1.53 bits per heavy atom. The SMILES string of the molecule is Cl.Cl.NC(c1ccccc1)c1nc2ccccc2[nH]1. The Kier molecular flexibility index (Phi) is 5.36. The fourth-order valence-corrected chi connectivity index (χ4v) is 1.94. The molecule has 1 aromatic heterocycles. The maximum atomic E-state index is 6.19. The number of halogens is 2. The molecule has 1 heterocycles. The van der Waals surface area contributed by atoms with Gasteiger partial charge >= 0.3 is 0 Å². The first kappa shape index (κ1) is 15.5. The number of aromatic nitrogens is 2. The summed E-state index contributed by atoms with van der Waals surface area (Å²) in [6, 6.07) is 17.7. The van der Waals surface area contributed by atoms with Gasteiger partial charge < -0.3 is 10.7 Å². The number of nitrogens with two attached hydrogens (primary N) is 1. The standard InChI is InChI=1S/C14H13N3.2ClH/c15-13(10-6-2-1-3-7-10)14-16-11-8-4-5-9-12(11)17-14;;/h1-9,13H,15H2,(H,16,17);2*1H. The molecule has 0 aliphatic carbocycles. The van der Waals surface area contributed by atoms with Crippen LogP contribution in [0, 0.1) is 0 Å². The molecule has 0 fully saturated rings. The van der Waals surface area contributed by atoms with Gasteiger partial charge in [0.25, 0.3) is 0 Å². The van der Waals surface area contributed by atoms with Gasteiger partial charge in [0.2, 0.25) is 0 Å². The van der Waals surface area contributed by atoms with Crippen molar-refractivity contribution in [3.8, 4) is 0 Å². The topological polar surface area (TPSA) is 54.7 Å². The molecule has 19 heavy (non-hydrogen) atoms. The molecule has 100 valence electrons. The summed E-state index contributed by atoms with van der Waals surface area (Å²) in [5.41, 5.74) is 9.22. The number of para-hydroxylation sites is 2. The van der Waals surface area contributed by atoms with Gasteiger partial charge in [0.05, 0.1) is 17.1 Å². The van der Waals surface area contributed by atoms with E-state index < -0.39 is 0 Å². The zero-order chi connectivity index (χ0) is 11.7. The highest BCUT2D eigenvalue weighted by Crippen LogP contribution is 2.19. The Labute approximate surface area is 124 Å². The molecule has 0 aliphatic rings. The molecule has 1 unspecified atom stereocenters. The lowest BCUT2D eigenvalue weighted by atomic mass is 10.1. The van der Waals surface area contributed by atoms with Gasteiger partial charge in [-0.3, -0.25) is 0 Å². The van der Waals surface area contributed by atoms with Gasteiger partial charge in [0.15, 0.2) is 0 Å². The van der Waals surface area contributed by atoms with Gasteiger partial charge in [0, 0.05) is 0 Å². The third-order valence-corrected chi connectivity index (χ3v) is 2.86. The number of hydrogen-bond donors (Lipinski definition) is 2. The van der Waals surface area contributed by atoms with Crippen LogP contribution in [0.15, 0.2) is 54.6 Å². The number of nitrogens with one attached hydrogen (secondary N) is 1. The molecule has 0 saturated heterocycles. The summed E-state index contributed by atoms with van der Waals surface area (Å²) in [6.07, 6.45) is 0. The highest BCUT2D eigenvalue weighted by atomic mass is 35.5. The Morgan fingerprint density at radius 1 is 0.895 bits per heavy atom. The summed E-state index contributed by atoms with van der Waals surface area (Å²) in [4.78, 5) is 7.77. The number of rotatable bonds is 2. The van der Waals surface area contributed by atoms with E-state index in [-0.39, 0.29) is 30.9 Å². The molecule has 3 N–H and O–H groups in total. The van der Waals surface area contributed by atoms with Gasteiger partial charge in [0.1, 0.15) is 5.82 Å². The molecule has 5 heteroatoms. The molecule has 0 aliphatic heterocycles. The third-order valence-electron chi connectivity index (χ3n) is 2.86. The van der Waals surface area contributed by atoms with Crippen LogP contribution in [-0.4, -0.2) is 9.97 Å². The van der Waals surface area contributed by atoms with Gasteiger partial charge in [-0.25, -0.2) is 4.98 Å². The summed E-state index contributed by atoms with van der Waals surface area (Å²) in [5.74, 6) is 0.803. The van der Waals surface area contributed by atoms with Crippen molar-refractivity contribution in [2.75, 3.05) is 0 Å². The number of fused-ring (bicyclic) bond motifs is 1. The lowest BCUT2D eigenvalue weighted by Crippen LogP contribution is -2.13. The smallest absolute Gasteiger partial charge is 0.128 e. The van der Waals surface area contributed by atoms with Crippen LogP contribution in [0.1, 0.15) is 17.4 Å². The van der Waals surface area contributed by atoms with E-state index in [2.05, 4.69) is 9.97 Å². The van der Waals surface area contributed by atoms with E-state index in [4.69, 9.17) is 5.73 Å². The maximum Gasteiger partial charge on any atom is 0.128 e. The lowest BCUT2D eigenvalue weighted by molar-refractivity contribution is 0.806. The van der Waals surface area contributed by atoms with Gasteiger partial charge in [-0.15, -0.1) is 24.8 Å². The summed E-state index contributed by atoms with van der Waals surface area (Å²) in [7, 11) is 0. The minimum Gasteiger partial charge on any atom is -0.340 e. The summed E-state index contributed by atoms with van der Waals surface area (Å²) >= 11 is 0. The van der Waals surface area contributed by atoms with Crippen LogP contribution in [0.2, 0.25) is 0 Å². The number of aromatic amines is 1. The molecule has 0 saturated carbocycles. The third kappa shape index (κ3) is 3.07. The summed E-state index contributed by atoms with van der Waals surface area (Å²) in [5, 5.41) is 0. The highest BCUT2D eigenvalue weighted by Gasteiger charge is 2.12. The molecule has 3 aromatic rings. The predicted molar refractivity (Wildman–Crippen MR) is 83.1 cm³/mol. The fourth-order valence-electron chi connectivity index (χ4n) is 1.94. The number of H-pyrrole nitrogens is 1. The second-order valence-electron chi connectivity index (χ2n) is 4.03. The maximum absolute atomic E-state index is 6.19. The van der Waals surface area contributed by atoms with Gasteiger partial charge in [-0.05, 0) is 17.7 Å². The molecule has 0 bridgehead atoms. The van der Waals surface area contributed by atoms with Crippen LogP contribution in [0.4, 0.5) is 0 Å².